The smallest absolute Gasteiger partial charge is 0.220 e. The molecule has 100 valence electrons. The highest BCUT2D eigenvalue weighted by molar-refractivity contribution is 7.09. The summed E-state index contributed by atoms with van der Waals surface area (Å²) in [5.41, 5.74) is 1.03. The van der Waals surface area contributed by atoms with Crippen LogP contribution in [0.1, 0.15) is 23.3 Å². The van der Waals surface area contributed by atoms with Gasteiger partial charge in [0.25, 0.3) is 0 Å². The van der Waals surface area contributed by atoms with Gasteiger partial charge >= 0.3 is 0 Å². The maximum Gasteiger partial charge on any atom is 0.220 e. The molecular weight excluding hydrogens is 278 g/mol. The van der Waals surface area contributed by atoms with Crippen molar-refractivity contribution in [2.75, 3.05) is 0 Å². The van der Waals surface area contributed by atoms with Gasteiger partial charge < -0.3 is 5.32 Å². The van der Waals surface area contributed by atoms with Gasteiger partial charge in [-0.15, -0.1) is 11.3 Å². The van der Waals surface area contributed by atoms with Crippen LogP contribution in [0.4, 0.5) is 0 Å². The topological polar surface area (TPSA) is 29.1 Å². The molecule has 0 bridgehead atoms. The Balaban J connectivity index is 1.67. The number of thiophene rings is 1. The molecule has 1 N–H and O–H groups in total. The molecule has 0 atom stereocenters. The van der Waals surface area contributed by atoms with E-state index in [1.54, 1.807) is 11.3 Å². The molecule has 1 aromatic heterocycles. The Morgan fingerprint density at radius 2 is 2.16 bits per heavy atom. The van der Waals surface area contributed by atoms with Crippen molar-refractivity contribution >= 4 is 28.8 Å². The van der Waals surface area contributed by atoms with Crippen LogP contribution in [-0.2, 0) is 17.8 Å². The van der Waals surface area contributed by atoms with Crippen molar-refractivity contribution in [1.82, 2.24) is 5.32 Å². The third-order valence-electron chi connectivity index (χ3n) is 2.79. The molecule has 19 heavy (non-hydrogen) atoms. The van der Waals surface area contributed by atoms with E-state index in [4.69, 9.17) is 11.6 Å². The molecule has 0 saturated heterocycles. The fourth-order valence-corrected chi connectivity index (χ4v) is 2.78. The predicted molar refractivity (Wildman–Crippen MR) is 80.6 cm³/mol. The molecule has 0 saturated carbocycles. The molecule has 0 aliphatic heterocycles. The zero-order valence-corrected chi connectivity index (χ0v) is 12.1. The zero-order valence-electron chi connectivity index (χ0n) is 10.6. The van der Waals surface area contributed by atoms with Gasteiger partial charge in [-0.3, -0.25) is 4.79 Å². The third kappa shape index (κ3) is 5.05. The Morgan fingerprint density at radius 1 is 1.26 bits per heavy atom. The molecule has 1 heterocycles. The molecule has 2 rings (SSSR count). The minimum Gasteiger partial charge on any atom is -0.352 e. The van der Waals surface area contributed by atoms with E-state index >= 15 is 0 Å². The number of amides is 1. The summed E-state index contributed by atoms with van der Waals surface area (Å²) >= 11 is 7.63. The summed E-state index contributed by atoms with van der Waals surface area (Å²) in [5.74, 6) is 0.0940. The first-order valence-corrected chi connectivity index (χ1v) is 7.53. The highest BCUT2D eigenvalue weighted by atomic mass is 35.5. The Labute approximate surface area is 122 Å². The molecule has 1 aromatic carbocycles. The number of aryl methyl sites for hydroxylation is 1. The Hall–Kier alpha value is -1.32. The van der Waals surface area contributed by atoms with Gasteiger partial charge in [0.05, 0.1) is 0 Å². The summed E-state index contributed by atoms with van der Waals surface area (Å²) in [6, 6.07) is 11.7. The van der Waals surface area contributed by atoms with Crippen LogP contribution in [0.25, 0.3) is 0 Å². The molecule has 0 aliphatic carbocycles. The summed E-state index contributed by atoms with van der Waals surface area (Å²) in [5, 5.41) is 5.67. The minimum atomic E-state index is 0.0940. The first-order chi connectivity index (χ1) is 9.24. The third-order valence-corrected chi connectivity index (χ3v) is 3.96. The normalized spacial score (nSPS) is 10.4. The van der Waals surface area contributed by atoms with Crippen LogP contribution in [0.3, 0.4) is 0 Å². The van der Waals surface area contributed by atoms with Crippen molar-refractivity contribution in [1.29, 1.82) is 0 Å². The van der Waals surface area contributed by atoms with E-state index in [0.29, 0.717) is 18.0 Å². The van der Waals surface area contributed by atoms with E-state index in [1.165, 1.54) is 4.88 Å². The second kappa shape index (κ2) is 7.31. The van der Waals surface area contributed by atoms with E-state index in [9.17, 15) is 4.79 Å². The maximum absolute atomic E-state index is 11.7. The Kier molecular flexibility index (Phi) is 5.43. The van der Waals surface area contributed by atoms with Crippen LogP contribution in [0.2, 0.25) is 5.02 Å². The van der Waals surface area contributed by atoms with Crippen molar-refractivity contribution in [3.63, 3.8) is 0 Å². The Morgan fingerprint density at radius 3 is 2.89 bits per heavy atom. The number of hydrogen-bond acceptors (Lipinski definition) is 2. The summed E-state index contributed by atoms with van der Waals surface area (Å²) in [7, 11) is 0. The quantitative estimate of drug-likeness (QED) is 0.855. The first kappa shape index (κ1) is 14.1. The summed E-state index contributed by atoms with van der Waals surface area (Å²) in [4.78, 5) is 13.0. The van der Waals surface area contributed by atoms with E-state index in [2.05, 4.69) is 16.8 Å². The molecule has 0 aliphatic rings. The molecule has 0 spiro atoms. The zero-order chi connectivity index (χ0) is 13.5. The van der Waals surface area contributed by atoms with Crippen LogP contribution in [0.5, 0.6) is 0 Å². The van der Waals surface area contributed by atoms with Crippen LogP contribution in [0.15, 0.2) is 41.8 Å². The van der Waals surface area contributed by atoms with Crippen LogP contribution in [0, 0.1) is 0 Å². The number of benzene rings is 1. The van der Waals surface area contributed by atoms with Crippen molar-refractivity contribution < 1.29 is 4.79 Å². The SMILES string of the molecule is O=C(CCCc1cccs1)NCc1cccc(Cl)c1. The molecule has 4 heteroatoms. The molecule has 0 fully saturated rings. The van der Waals surface area contributed by atoms with Gasteiger partial charge in [0.15, 0.2) is 0 Å². The van der Waals surface area contributed by atoms with E-state index in [-0.39, 0.29) is 5.91 Å². The Bertz CT molecular complexity index is 525. The fourth-order valence-electron chi connectivity index (χ4n) is 1.81. The largest absolute Gasteiger partial charge is 0.352 e. The van der Waals surface area contributed by atoms with Crippen molar-refractivity contribution in [2.45, 2.75) is 25.8 Å². The number of carbonyl (C=O) groups is 1. The number of hydrogen-bond donors (Lipinski definition) is 1. The van der Waals surface area contributed by atoms with Crippen LogP contribution >= 0.6 is 22.9 Å². The maximum atomic E-state index is 11.7. The summed E-state index contributed by atoms with van der Waals surface area (Å²) in [6.45, 7) is 0.540. The predicted octanol–water partition coefficient (Wildman–Crippen LogP) is 4.04. The van der Waals surface area contributed by atoms with E-state index in [1.807, 2.05) is 30.3 Å². The van der Waals surface area contributed by atoms with Gasteiger partial charge in [0, 0.05) is 22.9 Å². The van der Waals surface area contributed by atoms with Crippen molar-refractivity contribution in [2.24, 2.45) is 0 Å². The van der Waals surface area contributed by atoms with Crippen LogP contribution < -0.4 is 5.32 Å². The van der Waals surface area contributed by atoms with Gasteiger partial charge in [-0.25, -0.2) is 0 Å². The molecule has 1 amide bonds. The average molecular weight is 294 g/mol. The van der Waals surface area contributed by atoms with Gasteiger partial charge in [-0.05, 0) is 42.0 Å². The van der Waals surface area contributed by atoms with Gasteiger partial charge in [0.1, 0.15) is 0 Å². The van der Waals surface area contributed by atoms with Gasteiger partial charge in [-0.1, -0.05) is 29.8 Å². The lowest BCUT2D eigenvalue weighted by Crippen LogP contribution is -2.22. The molecule has 2 nitrogen and oxygen atoms in total. The van der Waals surface area contributed by atoms with Crippen molar-refractivity contribution in [3.8, 4) is 0 Å². The lowest BCUT2D eigenvalue weighted by Gasteiger charge is -2.05. The van der Waals surface area contributed by atoms with Gasteiger partial charge in [0.2, 0.25) is 5.91 Å². The highest BCUT2D eigenvalue weighted by Gasteiger charge is 2.02. The molecule has 2 aromatic rings. The standard InChI is InChI=1S/C15H16ClNOS/c16-13-5-1-4-12(10-13)11-17-15(18)8-2-6-14-7-3-9-19-14/h1,3-5,7,9-10H,2,6,8,11H2,(H,17,18). The molecular formula is C15H16ClNOS. The highest BCUT2D eigenvalue weighted by Crippen LogP contribution is 2.12. The summed E-state index contributed by atoms with van der Waals surface area (Å²) < 4.78 is 0. The number of rotatable bonds is 6. The number of carbonyl (C=O) groups excluding carboxylic acids is 1. The fraction of sp³-hybridized carbons (Fsp3) is 0.267. The second-order valence-electron chi connectivity index (χ2n) is 4.34. The monoisotopic (exact) mass is 293 g/mol. The average Bonchev–Trinajstić information content (AvgIpc) is 2.90. The van der Waals surface area contributed by atoms with Crippen molar-refractivity contribution in [3.05, 3.63) is 57.2 Å². The minimum absolute atomic E-state index is 0.0940. The molecule has 0 unspecified atom stereocenters. The van der Waals surface area contributed by atoms with E-state index < -0.39 is 0 Å². The first-order valence-electron chi connectivity index (χ1n) is 6.27. The summed E-state index contributed by atoms with van der Waals surface area (Å²) in [6.07, 6.45) is 2.43. The number of halogens is 1. The second-order valence-corrected chi connectivity index (χ2v) is 5.81. The van der Waals surface area contributed by atoms with E-state index in [0.717, 1.165) is 18.4 Å². The lowest BCUT2D eigenvalue weighted by molar-refractivity contribution is -0.121. The van der Waals surface area contributed by atoms with Gasteiger partial charge in [-0.2, -0.15) is 0 Å². The number of nitrogens with one attached hydrogen (secondary N) is 1. The molecule has 0 radical (unpaired) electrons. The van der Waals surface area contributed by atoms with Crippen LogP contribution in [-0.4, -0.2) is 5.91 Å². The lowest BCUT2D eigenvalue weighted by atomic mass is 10.2.